The molecule has 1 unspecified atom stereocenters. The normalized spacial score (nSPS) is 12.4. The van der Waals surface area contributed by atoms with E-state index in [2.05, 4.69) is 31.5 Å². The lowest BCUT2D eigenvalue weighted by Gasteiger charge is -2.12. The van der Waals surface area contributed by atoms with E-state index in [-0.39, 0.29) is 12.5 Å². The maximum absolute atomic E-state index is 10.8. The lowest BCUT2D eigenvalue weighted by atomic mass is 10.1. The third-order valence-electron chi connectivity index (χ3n) is 2.81. The van der Waals surface area contributed by atoms with Crippen LogP contribution in [0.2, 0.25) is 0 Å². The summed E-state index contributed by atoms with van der Waals surface area (Å²) in [4.78, 5) is 10.8. The molecule has 6 nitrogen and oxygen atoms in total. The van der Waals surface area contributed by atoms with Gasteiger partial charge in [-0.1, -0.05) is 12.1 Å². The van der Waals surface area contributed by atoms with Crippen LogP contribution >= 0.6 is 15.9 Å². The molecule has 7 heteroatoms. The third kappa shape index (κ3) is 2.81. The SMILES string of the molecule is Cc1cccc(-c2nnnn2C(C)CC(=O)O)c1Br. The molecule has 0 amide bonds. The van der Waals surface area contributed by atoms with Gasteiger partial charge in [0.15, 0.2) is 5.82 Å². The topological polar surface area (TPSA) is 80.9 Å². The molecule has 0 saturated heterocycles. The van der Waals surface area contributed by atoms with Gasteiger partial charge in [0.05, 0.1) is 12.5 Å². The van der Waals surface area contributed by atoms with Crippen molar-refractivity contribution in [1.82, 2.24) is 20.2 Å². The van der Waals surface area contributed by atoms with E-state index in [1.807, 2.05) is 25.1 Å². The molecule has 0 fully saturated rings. The zero-order valence-electron chi connectivity index (χ0n) is 10.5. The number of hydrogen-bond acceptors (Lipinski definition) is 4. The van der Waals surface area contributed by atoms with Gasteiger partial charge < -0.3 is 5.11 Å². The van der Waals surface area contributed by atoms with Gasteiger partial charge in [-0.05, 0) is 51.8 Å². The standard InChI is InChI=1S/C12H13BrN4O2/c1-7-4-3-5-9(11(7)13)12-14-15-16-17(12)8(2)6-10(18)19/h3-5,8H,6H2,1-2H3,(H,18,19). The number of rotatable bonds is 4. The first-order valence-electron chi connectivity index (χ1n) is 5.76. The van der Waals surface area contributed by atoms with Crippen LogP contribution in [-0.4, -0.2) is 31.3 Å². The first kappa shape index (κ1) is 13.7. The van der Waals surface area contributed by atoms with E-state index in [9.17, 15) is 4.79 Å². The summed E-state index contributed by atoms with van der Waals surface area (Å²) in [5.74, 6) is -0.318. The van der Waals surface area contributed by atoms with E-state index in [1.165, 1.54) is 4.68 Å². The van der Waals surface area contributed by atoms with Crippen LogP contribution in [-0.2, 0) is 4.79 Å². The summed E-state index contributed by atoms with van der Waals surface area (Å²) in [6.07, 6.45) is -0.0263. The predicted octanol–water partition coefficient (Wildman–Crippen LogP) is 2.45. The highest BCUT2D eigenvalue weighted by molar-refractivity contribution is 9.10. The number of carboxylic acid groups (broad SMARTS) is 1. The highest BCUT2D eigenvalue weighted by Crippen LogP contribution is 2.30. The number of aliphatic carboxylic acids is 1. The van der Waals surface area contributed by atoms with Gasteiger partial charge in [-0.15, -0.1) is 5.10 Å². The molecule has 2 aromatic rings. The van der Waals surface area contributed by atoms with Gasteiger partial charge in [0.1, 0.15) is 0 Å². The molecule has 1 aromatic heterocycles. The van der Waals surface area contributed by atoms with Gasteiger partial charge in [0.2, 0.25) is 0 Å². The summed E-state index contributed by atoms with van der Waals surface area (Å²) >= 11 is 3.51. The molecule has 0 bridgehead atoms. The van der Waals surface area contributed by atoms with Crippen LogP contribution in [0.25, 0.3) is 11.4 Å². The van der Waals surface area contributed by atoms with Gasteiger partial charge in [-0.25, -0.2) is 4.68 Å². The average Bonchev–Trinajstić information content (AvgIpc) is 2.80. The van der Waals surface area contributed by atoms with E-state index in [0.29, 0.717) is 5.82 Å². The second kappa shape index (κ2) is 5.48. The molecule has 1 heterocycles. The third-order valence-corrected chi connectivity index (χ3v) is 3.87. The Kier molecular flexibility index (Phi) is 3.94. The fourth-order valence-corrected chi connectivity index (χ4v) is 2.27. The lowest BCUT2D eigenvalue weighted by Crippen LogP contribution is -2.13. The van der Waals surface area contributed by atoms with E-state index in [4.69, 9.17) is 5.11 Å². The van der Waals surface area contributed by atoms with Gasteiger partial charge >= 0.3 is 5.97 Å². The van der Waals surface area contributed by atoms with Crippen LogP contribution in [0.3, 0.4) is 0 Å². The molecule has 0 radical (unpaired) electrons. The Morgan fingerprint density at radius 1 is 1.53 bits per heavy atom. The fraction of sp³-hybridized carbons (Fsp3) is 0.333. The van der Waals surface area contributed by atoms with Crippen molar-refractivity contribution in [3.63, 3.8) is 0 Å². The molecular weight excluding hydrogens is 312 g/mol. The Balaban J connectivity index is 2.44. The number of nitrogens with zero attached hydrogens (tertiary/aromatic N) is 4. The molecule has 1 aromatic carbocycles. The minimum Gasteiger partial charge on any atom is -0.481 e. The molecule has 0 spiro atoms. The minimum absolute atomic E-state index is 0.0263. The van der Waals surface area contributed by atoms with Crippen molar-refractivity contribution in [1.29, 1.82) is 0 Å². The number of hydrogen-bond donors (Lipinski definition) is 1. The minimum atomic E-state index is -0.878. The van der Waals surface area contributed by atoms with Crippen LogP contribution in [0, 0.1) is 6.92 Å². The van der Waals surface area contributed by atoms with Crippen molar-refractivity contribution in [3.05, 3.63) is 28.2 Å². The van der Waals surface area contributed by atoms with E-state index in [0.717, 1.165) is 15.6 Å². The lowest BCUT2D eigenvalue weighted by molar-refractivity contribution is -0.137. The van der Waals surface area contributed by atoms with E-state index < -0.39 is 5.97 Å². The average molecular weight is 325 g/mol. The van der Waals surface area contributed by atoms with Crippen LogP contribution in [0.15, 0.2) is 22.7 Å². The van der Waals surface area contributed by atoms with Crippen molar-refractivity contribution in [2.75, 3.05) is 0 Å². The summed E-state index contributed by atoms with van der Waals surface area (Å²) in [7, 11) is 0. The molecule has 0 aliphatic carbocycles. The largest absolute Gasteiger partial charge is 0.481 e. The molecule has 100 valence electrons. The molecular formula is C12H13BrN4O2. The second-order valence-corrected chi connectivity index (χ2v) is 5.12. The van der Waals surface area contributed by atoms with E-state index >= 15 is 0 Å². The van der Waals surface area contributed by atoms with Gasteiger partial charge in [0.25, 0.3) is 0 Å². The molecule has 2 rings (SSSR count). The van der Waals surface area contributed by atoms with Crippen molar-refractivity contribution in [2.45, 2.75) is 26.3 Å². The van der Waals surface area contributed by atoms with Crippen LogP contribution in [0.5, 0.6) is 0 Å². The number of aromatic nitrogens is 4. The maximum atomic E-state index is 10.8. The van der Waals surface area contributed by atoms with Gasteiger partial charge in [-0.3, -0.25) is 4.79 Å². The quantitative estimate of drug-likeness (QED) is 0.934. The van der Waals surface area contributed by atoms with Gasteiger partial charge in [-0.2, -0.15) is 0 Å². The van der Waals surface area contributed by atoms with E-state index in [1.54, 1.807) is 6.92 Å². The molecule has 1 N–H and O–H groups in total. The summed E-state index contributed by atoms with van der Waals surface area (Å²) < 4.78 is 2.45. The highest BCUT2D eigenvalue weighted by atomic mass is 79.9. The predicted molar refractivity (Wildman–Crippen MR) is 72.7 cm³/mol. The Labute approximate surface area is 118 Å². The van der Waals surface area contributed by atoms with Crippen LogP contribution in [0.1, 0.15) is 24.9 Å². The zero-order chi connectivity index (χ0) is 14.0. The Hall–Kier alpha value is -1.76. The van der Waals surface area contributed by atoms with Crippen molar-refractivity contribution in [2.24, 2.45) is 0 Å². The molecule has 0 saturated carbocycles. The van der Waals surface area contributed by atoms with Crippen LogP contribution in [0.4, 0.5) is 0 Å². The molecule has 1 atom stereocenters. The summed E-state index contributed by atoms with van der Waals surface area (Å²) in [6.45, 7) is 3.75. The Morgan fingerprint density at radius 2 is 2.26 bits per heavy atom. The zero-order valence-corrected chi connectivity index (χ0v) is 12.1. The summed E-state index contributed by atoms with van der Waals surface area (Å²) in [5.41, 5.74) is 1.92. The summed E-state index contributed by atoms with van der Waals surface area (Å²) in [6, 6.07) is 5.47. The number of halogens is 1. The molecule has 0 aliphatic rings. The second-order valence-electron chi connectivity index (χ2n) is 4.33. The highest BCUT2D eigenvalue weighted by Gasteiger charge is 2.19. The first-order valence-corrected chi connectivity index (χ1v) is 6.55. The Morgan fingerprint density at radius 3 is 2.95 bits per heavy atom. The van der Waals surface area contributed by atoms with Crippen molar-refractivity contribution in [3.8, 4) is 11.4 Å². The van der Waals surface area contributed by atoms with Gasteiger partial charge in [0, 0.05) is 10.0 Å². The monoisotopic (exact) mass is 324 g/mol. The van der Waals surface area contributed by atoms with Crippen molar-refractivity contribution < 1.29 is 9.90 Å². The van der Waals surface area contributed by atoms with Crippen LogP contribution < -0.4 is 0 Å². The number of aryl methyl sites for hydroxylation is 1. The van der Waals surface area contributed by atoms with Crippen molar-refractivity contribution >= 4 is 21.9 Å². The number of tetrazole rings is 1. The molecule has 0 aliphatic heterocycles. The Bertz CT molecular complexity index is 612. The number of benzene rings is 1. The maximum Gasteiger partial charge on any atom is 0.305 e. The molecule has 19 heavy (non-hydrogen) atoms. The first-order chi connectivity index (χ1) is 9.00. The summed E-state index contributed by atoms with van der Waals surface area (Å²) in [5, 5.41) is 20.4. The fourth-order valence-electron chi connectivity index (χ4n) is 1.83. The smallest absolute Gasteiger partial charge is 0.305 e. The number of carboxylic acids is 1. The number of carbonyl (C=O) groups is 1.